The Morgan fingerprint density at radius 1 is 1.36 bits per heavy atom. The van der Waals surface area contributed by atoms with Crippen molar-refractivity contribution in [3.05, 3.63) is 44.5 Å². The first kappa shape index (κ1) is 10.1. The molecule has 2 rings (SSSR count). The Balaban J connectivity index is 2.15. The molecule has 5 heteroatoms. The van der Waals surface area contributed by atoms with E-state index in [4.69, 9.17) is 0 Å². The fourth-order valence-electron chi connectivity index (χ4n) is 1.09. The van der Waals surface area contributed by atoms with Gasteiger partial charge in [-0.15, -0.1) is 0 Å². The molecule has 0 aliphatic rings. The van der Waals surface area contributed by atoms with Crippen molar-refractivity contribution in [2.24, 2.45) is 0 Å². The Bertz CT molecular complexity index is 424. The predicted molar refractivity (Wildman–Crippen MR) is 66.0 cm³/mol. The molecule has 0 bridgehead atoms. The van der Waals surface area contributed by atoms with Crippen molar-refractivity contribution < 1.29 is 0 Å². The van der Waals surface area contributed by atoms with Gasteiger partial charge in [-0.3, -0.25) is 9.67 Å². The average Bonchev–Trinajstić information content (AvgIpc) is 2.56. The van der Waals surface area contributed by atoms with E-state index in [-0.39, 0.29) is 0 Å². The van der Waals surface area contributed by atoms with E-state index in [1.165, 1.54) is 0 Å². The minimum absolute atomic E-state index is 0.719. The number of hydrogen-bond acceptors (Lipinski definition) is 2. The van der Waals surface area contributed by atoms with E-state index in [1.807, 2.05) is 29.2 Å². The highest BCUT2D eigenvalue weighted by atomic mass is 127. The summed E-state index contributed by atoms with van der Waals surface area (Å²) in [4.78, 5) is 4.27. The third-order valence-electron chi connectivity index (χ3n) is 1.71. The molecule has 72 valence electrons. The van der Waals surface area contributed by atoms with Crippen LogP contribution in [0.25, 0.3) is 0 Å². The van der Waals surface area contributed by atoms with Crippen molar-refractivity contribution in [2.75, 3.05) is 0 Å². The minimum Gasteiger partial charge on any atom is -0.266 e. The molecule has 0 atom stereocenters. The van der Waals surface area contributed by atoms with Crippen LogP contribution >= 0.6 is 38.5 Å². The van der Waals surface area contributed by atoms with Crippen LogP contribution in [0.5, 0.6) is 0 Å². The van der Waals surface area contributed by atoms with Crippen molar-refractivity contribution in [2.45, 2.75) is 6.54 Å². The second-order valence-corrected chi connectivity index (χ2v) is 4.99. The summed E-state index contributed by atoms with van der Waals surface area (Å²) in [6, 6.07) is 3.97. The highest BCUT2D eigenvalue weighted by Crippen LogP contribution is 2.09. The summed E-state index contributed by atoms with van der Waals surface area (Å²) >= 11 is 5.59. The molecule has 0 saturated heterocycles. The second kappa shape index (κ2) is 4.39. The second-order valence-electron chi connectivity index (χ2n) is 2.82. The SMILES string of the molecule is Brc1ccc(Cn2cc(I)cn2)nc1. The molecule has 0 spiro atoms. The molecule has 0 aliphatic carbocycles. The third kappa shape index (κ3) is 2.54. The van der Waals surface area contributed by atoms with Gasteiger partial charge in [-0.05, 0) is 50.7 Å². The van der Waals surface area contributed by atoms with Crippen molar-refractivity contribution in [3.63, 3.8) is 0 Å². The molecule has 0 aliphatic heterocycles. The van der Waals surface area contributed by atoms with Gasteiger partial charge in [-0.1, -0.05) is 0 Å². The summed E-state index contributed by atoms with van der Waals surface area (Å²) in [6.45, 7) is 0.719. The van der Waals surface area contributed by atoms with Crippen LogP contribution in [0.4, 0.5) is 0 Å². The maximum Gasteiger partial charge on any atom is 0.0831 e. The lowest BCUT2D eigenvalue weighted by atomic mass is 10.3. The molecule has 2 aromatic heterocycles. The van der Waals surface area contributed by atoms with Gasteiger partial charge in [0.1, 0.15) is 0 Å². The van der Waals surface area contributed by atoms with E-state index in [9.17, 15) is 0 Å². The zero-order valence-corrected chi connectivity index (χ0v) is 10.9. The Morgan fingerprint density at radius 3 is 2.79 bits per heavy atom. The van der Waals surface area contributed by atoms with E-state index in [2.05, 4.69) is 48.6 Å². The lowest BCUT2D eigenvalue weighted by molar-refractivity contribution is 0.672. The highest BCUT2D eigenvalue weighted by Gasteiger charge is 1.98. The van der Waals surface area contributed by atoms with Crippen molar-refractivity contribution in [1.82, 2.24) is 14.8 Å². The van der Waals surface area contributed by atoms with Crippen LogP contribution in [0.1, 0.15) is 5.69 Å². The zero-order chi connectivity index (χ0) is 9.97. The molecule has 0 amide bonds. The van der Waals surface area contributed by atoms with Crippen LogP contribution in [0.2, 0.25) is 0 Å². The fourth-order valence-corrected chi connectivity index (χ4v) is 1.77. The fraction of sp³-hybridized carbons (Fsp3) is 0.111. The summed E-state index contributed by atoms with van der Waals surface area (Å²) in [6.07, 6.45) is 5.62. The van der Waals surface area contributed by atoms with Crippen LogP contribution in [0, 0.1) is 3.57 Å². The molecule has 0 N–H and O–H groups in total. The van der Waals surface area contributed by atoms with Gasteiger partial charge >= 0.3 is 0 Å². The van der Waals surface area contributed by atoms with Crippen LogP contribution < -0.4 is 0 Å². The molecular weight excluding hydrogens is 357 g/mol. The van der Waals surface area contributed by atoms with Crippen LogP contribution in [-0.4, -0.2) is 14.8 Å². The third-order valence-corrected chi connectivity index (χ3v) is 2.74. The number of nitrogens with zero attached hydrogens (tertiary/aromatic N) is 3. The Hall–Kier alpha value is -0.430. The lowest BCUT2D eigenvalue weighted by Crippen LogP contribution is -2.01. The summed E-state index contributed by atoms with van der Waals surface area (Å²) in [7, 11) is 0. The van der Waals surface area contributed by atoms with Gasteiger partial charge in [0.2, 0.25) is 0 Å². The zero-order valence-electron chi connectivity index (χ0n) is 7.19. The minimum atomic E-state index is 0.719. The summed E-state index contributed by atoms with van der Waals surface area (Å²) in [5.41, 5.74) is 1.01. The van der Waals surface area contributed by atoms with Gasteiger partial charge in [-0.2, -0.15) is 5.10 Å². The first-order valence-electron chi connectivity index (χ1n) is 4.02. The number of aromatic nitrogens is 3. The van der Waals surface area contributed by atoms with Gasteiger partial charge in [0.25, 0.3) is 0 Å². The van der Waals surface area contributed by atoms with Crippen molar-refractivity contribution in [3.8, 4) is 0 Å². The number of halogens is 2. The molecule has 14 heavy (non-hydrogen) atoms. The van der Waals surface area contributed by atoms with E-state index in [1.54, 1.807) is 6.20 Å². The van der Waals surface area contributed by atoms with Gasteiger partial charge in [0, 0.05) is 16.9 Å². The first-order chi connectivity index (χ1) is 6.74. The van der Waals surface area contributed by atoms with Gasteiger partial charge in [0.15, 0.2) is 0 Å². The number of rotatable bonds is 2. The van der Waals surface area contributed by atoms with E-state index < -0.39 is 0 Å². The lowest BCUT2D eigenvalue weighted by Gasteiger charge is -2.00. The summed E-state index contributed by atoms with van der Waals surface area (Å²) < 4.78 is 4.01. The van der Waals surface area contributed by atoms with E-state index >= 15 is 0 Å². The topological polar surface area (TPSA) is 30.7 Å². The van der Waals surface area contributed by atoms with Crippen LogP contribution in [0.3, 0.4) is 0 Å². The maximum atomic E-state index is 4.27. The quantitative estimate of drug-likeness (QED) is 0.768. The van der Waals surface area contributed by atoms with Gasteiger partial charge < -0.3 is 0 Å². The predicted octanol–water partition coefficient (Wildman–Crippen LogP) is 2.69. The first-order valence-corrected chi connectivity index (χ1v) is 5.89. The molecule has 3 nitrogen and oxygen atoms in total. The molecule has 0 aromatic carbocycles. The van der Waals surface area contributed by atoms with Crippen LogP contribution in [-0.2, 0) is 6.54 Å². The molecular formula is C9H7BrIN3. The van der Waals surface area contributed by atoms with Crippen molar-refractivity contribution in [1.29, 1.82) is 0 Å². The molecule has 0 unspecified atom stereocenters. The molecule has 0 saturated carbocycles. The Labute approximate surface area is 104 Å². The maximum absolute atomic E-state index is 4.27. The summed E-state index contributed by atoms with van der Waals surface area (Å²) in [5.74, 6) is 0. The standard InChI is InChI=1S/C9H7BrIN3/c10-7-1-2-9(12-3-7)6-14-5-8(11)4-13-14/h1-5H,6H2. The van der Waals surface area contributed by atoms with Gasteiger partial charge in [0.05, 0.1) is 22.0 Å². The van der Waals surface area contributed by atoms with Crippen LogP contribution in [0.15, 0.2) is 35.2 Å². The van der Waals surface area contributed by atoms with Crippen molar-refractivity contribution >= 4 is 38.5 Å². The van der Waals surface area contributed by atoms with Gasteiger partial charge in [-0.25, -0.2) is 0 Å². The number of hydrogen-bond donors (Lipinski definition) is 0. The largest absolute Gasteiger partial charge is 0.266 e. The van der Waals surface area contributed by atoms with E-state index in [0.29, 0.717) is 0 Å². The van der Waals surface area contributed by atoms with E-state index in [0.717, 1.165) is 20.3 Å². The Morgan fingerprint density at radius 2 is 2.21 bits per heavy atom. The highest BCUT2D eigenvalue weighted by molar-refractivity contribution is 14.1. The molecule has 2 heterocycles. The average molecular weight is 364 g/mol. The monoisotopic (exact) mass is 363 g/mol. The number of pyridine rings is 1. The Kier molecular flexibility index (Phi) is 3.17. The smallest absolute Gasteiger partial charge is 0.0831 e. The molecule has 0 radical (unpaired) electrons. The molecule has 0 fully saturated rings. The summed E-state index contributed by atoms with van der Waals surface area (Å²) in [5, 5.41) is 4.19. The molecule has 2 aromatic rings. The normalized spacial score (nSPS) is 10.4.